The van der Waals surface area contributed by atoms with E-state index in [-0.39, 0.29) is 5.91 Å². The van der Waals surface area contributed by atoms with Gasteiger partial charge in [-0.1, -0.05) is 46.3 Å². The van der Waals surface area contributed by atoms with Crippen LogP contribution < -0.4 is 5.32 Å². The molecule has 0 saturated heterocycles. The Morgan fingerprint density at radius 2 is 1.89 bits per heavy atom. The van der Waals surface area contributed by atoms with Gasteiger partial charge in [0.25, 0.3) is 0 Å². The molecular weight excluding hydrogens is 417 g/mol. The number of anilines is 1. The molecule has 0 saturated carbocycles. The zero-order chi connectivity index (χ0) is 13.7. The molecule has 2 nitrogen and oxygen atoms in total. The smallest absolute Gasteiger partial charge is 0.224 e. The van der Waals surface area contributed by atoms with Gasteiger partial charge in [0.2, 0.25) is 5.91 Å². The van der Waals surface area contributed by atoms with Gasteiger partial charge in [-0.3, -0.25) is 4.79 Å². The quantitative estimate of drug-likeness (QED) is 0.705. The van der Waals surface area contributed by atoms with Gasteiger partial charge in [-0.2, -0.15) is 0 Å². The highest BCUT2D eigenvalue weighted by atomic mass is 127. The molecule has 0 bridgehead atoms. The Labute approximate surface area is 134 Å². The average Bonchev–Trinajstić information content (AvgIpc) is 2.42. The second kappa shape index (κ2) is 7.05. The summed E-state index contributed by atoms with van der Waals surface area (Å²) in [5, 5.41) is 2.94. The summed E-state index contributed by atoms with van der Waals surface area (Å²) in [5.41, 5.74) is 2.04. The molecule has 0 radical (unpaired) electrons. The van der Waals surface area contributed by atoms with Gasteiger partial charge in [0.15, 0.2) is 0 Å². The molecule has 0 aliphatic heterocycles. The van der Waals surface area contributed by atoms with Crippen LogP contribution in [0.3, 0.4) is 0 Å². The van der Waals surface area contributed by atoms with E-state index in [1.807, 2.05) is 48.5 Å². The molecule has 0 aliphatic carbocycles. The number of hydrogen-bond donors (Lipinski definition) is 1. The molecule has 0 aliphatic rings. The van der Waals surface area contributed by atoms with Crippen molar-refractivity contribution in [3.8, 4) is 0 Å². The van der Waals surface area contributed by atoms with E-state index in [4.69, 9.17) is 0 Å². The van der Waals surface area contributed by atoms with Crippen molar-refractivity contribution in [2.24, 2.45) is 0 Å². The molecular formula is C15H13BrINO. The second-order valence-corrected chi connectivity index (χ2v) is 6.24. The van der Waals surface area contributed by atoms with E-state index in [2.05, 4.69) is 43.8 Å². The van der Waals surface area contributed by atoms with Crippen molar-refractivity contribution < 1.29 is 4.79 Å². The van der Waals surface area contributed by atoms with E-state index < -0.39 is 0 Å². The number of aryl methyl sites for hydroxylation is 1. The lowest BCUT2D eigenvalue weighted by atomic mass is 10.1. The fraction of sp³-hybridized carbons (Fsp3) is 0.133. The van der Waals surface area contributed by atoms with Crippen LogP contribution in [0.15, 0.2) is 53.0 Å². The summed E-state index contributed by atoms with van der Waals surface area (Å²) in [6, 6.07) is 15.9. The van der Waals surface area contributed by atoms with Crippen LogP contribution in [0.4, 0.5) is 5.69 Å². The van der Waals surface area contributed by atoms with E-state index in [0.29, 0.717) is 6.42 Å². The zero-order valence-electron chi connectivity index (χ0n) is 10.2. The monoisotopic (exact) mass is 429 g/mol. The number of hydrogen-bond acceptors (Lipinski definition) is 1. The molecule has 0 atom stereocenters. The standard InChI is InChI=1S/C15H13BrINO/c16-12-7-8-13(17)14(10-12)18-15(19)9-6-11-4-2-1-3-5-11/h1-5,7-8,10H,6,9H2,(H,18,19). The Bertz CT molecular complexity index is 572. The van der Waals surface area contributed by atoms with Gasteiger partial charge < -0.3 is 5.32 Å². The summed E-state index contributed by atoms with van der Waals surface area (Å²) in [6.07, 6.45) is 1.25. The largest absolute Gasteiger partial charge is 0.325 e. The zero-order valence-corrected chi connectivity index (χ0v) is 13.9. The maximum atomic E-state index is 11.9. The molecule has 0 aromatic heterocycles. The minimum Gasteiger partial charge on any atom is -0.325 e. The molecule has 0 spiro atoms. The van der Waals surface area contributed by atoms with E-state index in [0.717, 1.165) is 20.2 Å². The maximum Gasteiger partial charge on any atom is 0.224 e. The highest BCUT2D eigenvalue weighted by Gasteiger charge is 2.06. The van der Waals surface area contributed by atoms with E-state index in [9.17, 15) is 4.79 Å². The third kappa shape index (κ3) is 4.62. The first-order valence-corrected chi connectivity index (χ1v) is 7.81. The number of rotatable bonds is 4. The fourth-order valence-corrected chi connectivity index (χ4v) is 2.54. The maximum absolute atomic E-state index is 11.9. The number of carbonyl (C=O) groups is 1. The highest BCUT2D eigenvalue weighted by Crippen LogP contribution is 2.23. The number of benzene rings is 2. The predicted octanol–water partition coefficient (Wildman–Crippen LogP) is 4.63. The highest BCUT2D eigenvalue weighted by molar-refractivity contribution is 14.1. The first-order valence-electron chi connectivity index (χ1n) is 5.94. The van der Waals surface area contributed by atoms with Crippen molar-refractivity contribution in [1.29, 1.82) is 0 Å². The van der Waals surface area contributed by atoms with Crippen molar-refractivity contribution in [1.82, 2.24) is 0 Å². The van der Waals surface area contributed by atoms with Crippen molar-refractivity contribution >= 4 is 50.1 Å². The second-order valence-electron chi connectivity index (χ2n) is 4.16. The lowest BCUT2D eigenvalue weighted by Crippen LogP contribution is -2.13. The molecule has 2 aromatic carbocycles. The summed E-state index contributed by atoms with van der Waals surface area (Å²) in [4.78, 5) is 11.9. The minimum absolute atomic E-state index is 0.0415. The number of amides is 1. The molecule has 19 heavy (non-hydrogen) atoms. The van der Waals surface area contributed by atoms with Crippen LogP contribution in [0.25, 0.3) is 0 Å². The summed E-state index contributed by atoms with van der Waals surface area (Å²) < 4.78 is 2.00. The minimum atomic E-state index is 0.0415. The van der Waals surface area contributed by atoms with Crippen LogP contribution in [0, 0.1) is 3.57 Å². The van der Waals surface area contributed by atoms with Crippen molar-refractivity contribution in [3.05, 3.63) is 62.1 Å². The summed E-state index contributed by atoms with van der Waals surface area (Å²) >= 11 is 5.62. The summed E-state index contributed by atoms with van der Waals surface area (Å²) in [6.45, 7) is 0. The Morgan fingerprint density at radius 3 is 2.63 bits per heavy atom. The van der Waals surface area contributed by atoms with E-state index >= 15 is 0 Å². The molecule has 98 valence electrons. The Kier molecular flexibility index (Phi) is 5.39. The first kappa shape index (κ1) is 14.5. The van der Waals surface area contributed by atoms with Crippen LogP contribution in [0.5, 0.6) is 0 Å². The van der Waals surface area contributed by atoms with E-state index in [1.165, 1.54) is 5.56 Å². The van der Waals surface area contributed by atoms with Crippen LogP contribution in [-0.4, -0.2) is 5.91 Å². The van der Waals surface area contributed by atoms with Crippen LogP contribution >= 0.6 is 38.5 Å². The lowest BCUT2D eigenvalue weighted by Gasteiger charge is -2.08. The molecule has 1 amide bonds. The van der Waals surface area contributed by atoms with Crippen LogP contribution in [0.1, 0.15) is 12.0 Å². The molecule has 0 heterocycles. The molecule has 2 rings (SSSR count). The Balaban J connectivity index is 1.93. The van der Waals surface area contributed by atoms with Gasteiger partial charge in [0.1, 0.15) is 0 Å². The normalized spacial score (nSPS) is 10.2. The molecule has 0 fully saturated rings. The van der Waals surface area contributed by atoms with Gasteiger partial charge in [-0.15, -0.1) is 0 Å². The molecule has 4 heteroatoms. The van der Waals surface area contributed by atoms with Crippen molar-refractivity contribution in [3.63, 3.8) is 0 Å². The third-order valence-corrected chi connectivity index (χ3v) is 4.12. The van der Waals surface area contributed by atoms with E-state index in [1.54, 1.807) is 0 Å². The Morgan fingerprint density at radius 1 is 1.16 bits per heavy atom. The molecule has 0 unspecified atom stereocenters. The summed E-state index contributed by atoms with van der Waals surface area (Å²) in [7, 11) is 0. The van der Waals surface area contributed by atoms with Gasteiger partial charge in [0.05, 0.1) is 5.69 Å². The first-order chi connectivity index (χ1) is 9.15. The molecule has 1 N–H and O–H groups in total. The topological polar surface area (TPSA) is 29.1 Å². The lowest BCUT2D eigenvalue weighted by molar-refractivity contribution is -0.116. The fourth-order valence-electron chi connectivity index (χ4n) is 1.71. The SMILES string of the molecule is O=C(CCc1ccccc1)Nc1cc(Br)ccc1I. The van der Waals surface area contributed by atoms with Gasteiger partial charge in [-0.05, 0) is 52.8 Å². The number of carbonyl (C=O) groups excluding carboxylic acids is 1. The van der Waals surface area contributed by atoms with Crippen molar-refractivity contribution in [2.45, 2.75) is 12.8 Å². The van der Waals surface area contributed by atoms with Gasteiger partial charge in [0, 0.05) is 14.5 Å². The van der Waals surface area contributed by atoms with Gasteiger partial charge >= 0.3 is 0 Å². The average molecular weight is 430 g/mol. The summed E-state index contributed by atoms with van der Waals surface area (Å²) in [5.74, 6) is 0.0415. The Hall–Kier alpha value is -0.880. The number of halogens is 2. The van der Waals surface area contributed by atoms with Crippen molar-refractivity contribution in [2.75, 3.05) is 5.32 Å². The molecule has 2 aromatic rings. The van der Waals surface area contributed by atoms with Crippen LogP contribution in [0.2, 0.25) is 0 Å². The van der Waals surface area contributed by atoms with Crippen LogP contribution in [-0.2, 0) is 11.2 Å². The predicted molar refractivity (Wildman–Crippen MR) is 90.3 cm³/mol. The third-order valence-electron chi connectivity index (χ3n) is 2.69. The van der Waals surface area contributed by atoms with Gasteiger partial charge in [-0.25, -0.2) is 0 Å². The number of nitrogens with one attached hydrogen (secondary N) is 1.